The van der Waals surface area contributed by atoms with Gasteiger partial charge in [-0.25, -0.2) is 0 Å². The van der Waals surface area contributed by atoms with Crippen molar-refractivity contribution in [2.75, 3.05) is 33.4 Å². The number of aryl methyl sites for hydroxylation is 1. The van der Waals surface area contributed by atoms with Crippen molar-refractivity contribution in [1.29, 1.82) is 0 Å². The number of methoxy groups -OCH3 is 1. The molecule has 1 atom stereocenters. The second kappa shape index (κ2) is 7.80. The number of likely N-dealkylation sites (tertiary alicyclic amines) is 1. The lowest BCUT2D eigenvalue weighted by atomic mass is 9.90. The summed E-state index contributed by atoms with van der Waals surface area (Å²) in [6.07, 6.45) is 5.89. The Kier molecular flexibility index (Phi) is 5.39. The topological polar surface area (TPSA) is 51.7 Å². The Bertz CT molecular complexity index is 866. The number of carbonyl (C=O) groups excluding carboxylic acids is 1. The van der Waals surface area contributed by atoms with Gasteiger partial charge in [-0.15, -0.1) is 0 Å². The van der Waals surface area contributed by atoms with Crippen LogP contribution in [-0.4, -0.2) is 54.6 Å². The number of benzene rings is 1. The molecule has 0 saturated carbocycles. The van der Waals surface area contributed by atoms with E-state index in [2.05, 4.69) is 24.0 Å². The summed E-state index contributed by atoms with van der Waals surface area (Å²) in [4.78, 5) is 19.7. The minimum atomic E-state index is -0.562. The molecular formula is C23H30N2O3. The molecule has 1 aromatic carbocycles. The van der Waals surface area contributed by atoms with Crippen molar-refractivity contribution in [1.82, 2.24) is 9.88 Å². The van der Waals surface area contributed by atoms with Crippen LogP contribution in [-0.2, 0) is 9.53 Å². The first-order valence-electron chi connectivity index (χ1n) is 10.3. The molecule has 4 rings (SSSR count). The molecular weight excluding hydrogens is 352 g/mol. The van der Waals surface area contributed by atoms with E-state index in [0.29, 0.717) is 19.1 Å². The van der Waals surface area contributed by atoms with E-state index in [9.17, 15) is 4.79 Å². The van der Waals surface area contributed by atoms with Crippen molar-refractivity contribution < 1.29 is 14.3 Å². The fourth-order valence-electron chi connectivity index (χ4n) is 4.56. The average molecular weight is 383 g/mol. The Morgan fingerprint density at radius 2 is 2.14 bits per heavy atom. The number of hydrogen-bond acceptors (Lipinski definition) is 5. The summed E-state index contributed by atoms with van der Waals surface area (Å²) in [5.74, 6) is 1.59. The standard InChI is InChI=1S/C23H30N2O3/c1-16-19-13-20(24-14-18(19)5-6-21(16)27-3)17-7-10-25(11-8-17)15-22(26)23(2)9-4-12-28-23/h5-6,13-14,17H,4,7-12,15H2,1-3H3. The number of hydrogen-bond donors (Lipinski definition) is 0. The van der Waals surface area contributed by atoms with Crippen molar-refractivity contribution in [3.05, 3.63) is 35.7 Å². The van der Waals surface area contributed by atoms with Crippen molar-refractivity contribution in [2.24, 2.45) is 0 Å². The highest BCUT2D eigenvalue weighted by Crippen LogP contribution is 2.33. The SMILES string of the molecule is COc1ccc2cnc(C3CCN(CC(=O)C4(C)CCCO4)CC3)cc2c1C. The quantitative estimate of drug-likeness (QED) is 0.786. The van der Waals surface area contributed by atoms with E-state index >= 15 is 0 Å². The maximum absolute atomic E-state index is 12.6. The van der Waals surface area contributed by atoms with Crippen molar-refractivity contribution >= 4 is 16.6 Å². The molecule has 2 aliphatic rings. The van der Waals surface area contributed by atoms with Crippen LogP contribution in [0.15, 0.2) is 24.4 Å². The van der Waals surface area contributed by atoms with Crippen LogP contribution in [0.25, 0.3) is 10.8 Å². The van der Waals surface area contributed by atoms with Crippen LogP contribution in [0.3, 0.4) is 0 Å². The maximum atomic E-state index is 12.6. The smallest absolute Gasteiger partial charge is 0.178 e. The zero-order chi connectivity index (χ0) is 19.7. The lowest BCUT2D eigenvalue weighted by Crippen LogP contribution is -2.45. The van der Waals surface area contributed by atoms with Gasteiger partial charge in [0.25, 0.3) is 0 Å². The number of piperidine rings is 1. The highest BCUT2D eigenvalue weighted by atomic mass is 16.5. The van der Waals surface area contributed by atoms with Crippen LogP contribution < -0.4 is 4.74 Å². The normalized spacial score (nSPS) is 24.0. The molecule has 0 N–H and O–H groups in total. The third kappa shape index (κ3) is 3.65. The van der Waals surface area contributed by atoms with Gasteiger partial charge in [-0.05, 0) is 81.8 Å². The van der Waals surface area contributed by atoms with Gasteiger partial charge in [-0.1, -0.05) is 0 Å². The second-order valence-corrected chi connectivity index (χ2v) is 8.38. The van der Waals surface area contributed by atoms with Crippen molar-refractivity contribution in [3.63, 3.8) is 0 Å². The molecule has 0 aliphatic carbocycles. The molecule has 2 saturated heterocycles. The van der Waals surface area contributed by atoms with E-state index in [1.807, 2.05) is 19.2 Å². The fourth-order valence-corrected chi connectivity index (χ4v) is 4.56. The molecule has 0 amide bonds. The minimum absolute atomic E-state index is 0.231. The molecule has 0 spiro atoms. The lowest BCUT2D eigenvalue weighted by Gasteiger charge is -2.33. The Morgan fingerprint density at radius 1 is 1.36 bits per heavy atom. The molecule has 2 aromatic rings. The predicted molar refractivity (Wildman–Crippen MR) is 110 cm³/mol. The van der Waals surface area contributed by atoms with Crippen LogP contribution in [0, 0.1) is 6.92 Å². The van der Waals surface area contributed by atoms with E-state index in [-0.39, 0.29) is 5.78 Å². The number of ketones is 1. The van der Waals surface area contributed by atoms with Gasteiger partial charge in [0.15, 0.2) is 5.78 Å². The summed E-state index contributed by atoms with van der Waals surface area (Å²) >= 11 is 0. The Balaban J connectivity index is 1.42. The first-order valence-corrected chi connectivity index (χ1v) is 10.3. The third-order valence-corrected chi connectivity index (χ3v) is 6.55. The maximum Gasteiger partial charge on any atom is 0.178 e. The molecule has 28 heavy (non-hydrogen) atoms. The van der Waals surface area contributed by atoms with E-state index < -0.39 is 5.60 Å². The van der Waals surface area contributed by atoms with Gasteiger partial charge in [0.2, 0.25) is 0 Å². The Hall–Kier alpha value is -1.98. The van der Waals surface area contributed by atoms with Gasteiger partial charge in [-0.2, -0.15) is 0 Å². The number of Topliss-reactive ketones (excluding diaryl/α,β-unsaturated/α-hetero) is 1. The minimum Gasteiger partial charge on any atom is -0.496 e. The molecule has 5 heteroatoms. The molecule has 1 aromatic heterocycles. The van der Waals surface area contributed by atoms with Gasteiger partial charge < -0.3 is 9.47 Å². The Labute approximate surface area is 167 Å². The predicted octanol–water partition coefficient (Wildman–Crippen LogP) is 3.87. The highest BCUT2D eigenvalue weighted by Gasteiger charge is 2.38. The molecule has 0 radical (unpaired) electrons. The van der Waals surface area contributed by atoms with E-state index in [0.717, 1.165) is 61.2 Å². The summed E-state index contributed by atoms with van der Waals surface area (Å²) < 4.78 is 11.2. The molecule has 2 aliphatic heterocycles. The van der Waals surface area contributed by atoms with E-state index in [4.69, 9.17) is 14.5 Å². The molecule has 2 fully saturated rings. The van der Waals surface area contributed by atoms with Crippen LogP contribution in [0.1, 0.15) is 49.8 Å². The average Bonchev–Trinajstić information content (AvgIpc) is 3.17. The van der Waals surface area contributed by atoms with E-state index in [1.165, 1.54) is 5.39 Å². The lowest BCUT2D eigenvalue weighted by molar-refractivity contribution is -0.138. The fraction of sp³-hybridized carbons (Fsp3) is 0.565. The number of aromatic nitrogens is 1. The number of rotatable bonds is 5. The van der Waals surface area contributed by atoms with Gasteiger partial charge in [-0.3, -0.25) is 14.7 Å². The van der Waals surface area contributed by atoms with Crippen molar-refractivity contribution in [3.8, 4) is 5.75 Å². The van der Waals surface area contributed by atoms with Gasteiger partial charge in [0, 0.05) is 29.8 Å². The summed E-state index contributed by atoms with van der Waals surface area (Å²) in [6.45, 7) is 7.13. The Morgan fingerprint density at radius 3 is 2.82 bits per heavy atom. The van der Waals surface area contributed by atoms with Crippen molar-refractivity contribution in [2.45, 2.75) is 51.0 Å². The van der Waals surface area contributed by atoms with E-state index in [1.54, 1.807) is 7.11 Å². The zero-order valence-corrected chi connectivity index (χ0v) is 17.2. The number of nitrogens with zero attached hydrogens (tertiary/aromatic N) is 2. The van der Waals surface area contributed by atoms with Gasteiger partial charge in [0.05, 0.1) is 13.7 Å². The number of pyridine rings is 1. The summed E-state index contributed by atoms with van der Waals surface area (Å²) in [5.41, 5.74) is 1.75. The number of fused-ring (bicyclic) bond motifs is 1. The van der Waals surface area contributed by atoms with Crippen LogP contribution in [0.4, 0.5) is 0 Å². The highest BCUT2D eigenvalue weighted by molar-refractivity contribution is 5.89. The van der Waals surface area contributed by atoms with Gasteiger partial charge in [0.1, 0.15) is 11.4 Å². The van der Waals surface area contributed by atoms with Crippen LogP contribution in [0.2, 0.25) is 0 Å². The number of carbonyl (C=O) groups is 1. The summed E-state index contributed by atoms with van der Waals surface area (Å²) in [5, 5.41) is 2.36. The number of ether oxygens (including phenoxy) is 2. The monoisotopic (exact) mass is 382 g/mol. The third-order valence-electron chi connectivity index (χ3n) is 6.55. The zero-order valence-electron chi connectivity index (χ0n) is 17.2. The van der Waals surface area contributed by atoms with Gasteiger partial charge >= 0.3 is 0 Å². The molecule has 1 unspecified atom stereocenters. The summed E-state index contributed by atoms with van der Waals surface area (Å²) in [7, 11) is 1.71. The van der Waals surface area contributed by atoms with Crippen LogP contribution in [0.5, 0.6) is 5.75 Å². The first kappa shape index (κ1) is 19.3. The molecule has 5 nitrogen and oxygen atoms in total. The molecule has 150 valence electrons. The largest absolute Gasteiger partial charge is 0.496 e. The van der Waals surface area contributed by atoms with Crippen LogP contribution >= 0.6 is 0 Å². The molecule has 3 heterocycles. The summed E-state index contributed by atoms with van der Waals surface area (Å²) in [6, 6.07) is 6.30. The molecule has 0 bridgehead atoms. The first-order chi connectivity index (χ1) is 13.5. The second-order valence-electron chi connectivity index (χ2n) is 8.38.